The van der Waals surface area contributed by atoms with Crippen LogP contribution >= 0.6 is 23.1 Å². The van der Waals surface area contributed by atoms with Crippen LogP contribution in [0, 0.1) is 0 Å². The Hall–Kier alpha value is -0.660. The maximum Gasteiger partial charge on any atom is 0.227 e. The number of aromatic nitrogens is 2. The lowest BCUT2D eigenvalue weighted by Crippen LogP contribution is -2.23. The molecule has 1 heterocycles. The van der Waals surface area contributed by atoms with E-state index in [1.165, 1.54) is 11.3 Å². The topological polar surface area (TPSA) is 80.9 Å². The zero-order valence-electron chi connectivity index (χ0n) is 8.69. The molecule has 0 saturated carbocycles. The molecular formula is C8H14N4OS2. The average Bonchev–Trinajstić information content (AvgIpc) is 2.51. The number of anilines is 1. The van der Waals surface area contributed by atoms with Crippen molar-refractivity contribution in [3.05, 3.63) is 0 Å². The highest BCUT2D eigenvalue weighted by Gasteiger charge is 2.09. The Morgan fingerprint density at radius 2 is 2.40 bits per heavy atom. The van der Waals surface area contributed by atoms with Gasteiger partial charge in [0.2, 0.25) is 11.0 Å². The molecule has 0 aliphatic carbocycles. The van der Waals surface area contributed by atoms with Gasteiger partial charge in [-0.2, -0.15) is 0 Å². The molecular weight excluding hydrogens is 232 g/mol. The molecule has 7 heteroatoms. The molecule has 0 saturated heterocycles. The molecule has 1 atom stereocenters. The maximum atomic E-state index is 11.3. The lowest BCUT2D eigenvalue weighted by molar-refractivity contribution is -0.116. The number of hydrogen-bond acceptors (Lipinski definition) is 6. The van der Waals surface area contributed by atoms with Gasteiger partial charge >= 0.3 is 0 Å². The SMILES string of the molecule is CCSc1nnc(NC(=O)CC(C)N)s1. The molecule has 0 spiro atoms. The Kier molecular flexibility index (Phi) is 5.00. The van der Waals surface area contributed by atoms with Crippen LogP contribution in [0.4, 0.5) is 5.13 Å². The van der Waals surface area contributed by atoms with Crippen molar-refractivity contribution < 1.29 is 4.79 Å². The normalized spacial score (nSPS) is 12.5. The molecule has 0 aromatic carbocycles. The molecule has 0 aliphatic heterocycles. The van der Waals surface area contributed by atoms with E-state index in [0.717, 1.165) is 10.1 Å². The molecule has 1 amide bonds. The zero-order valence-corrected chi connectivity index (χ0v) is 10.3. The van der Waals surface area contributed by atoms with E-state index < -0.39 is 0 Å². The van der Waals surface area contributed by atoms with Crippen molar-refractivity contribution in [2.24, 2.45) is 5.73 Å². The van der Waals surface area contributed by atoms with E-state index in [-0.39, 0.29) is 11.9 Å². The van der Waals surface area contributed by atoms with E-state index in [1.54, 1.807) is 18.7 Å². The third-order valence-corrected chi connectivity index (χ3v) is 3.28. The fourth-order valence-corrected chi connectivity index (χ4v) is 2.57. The molecule has 0 bridgehead atoms. The quantitative estimate of drug-likeness (QED) is 0.605. The summed E-state index contributed by atoms with van der Waals surface area (Å²) in [6.45, 7) is 3.83. The molecule has 15 heavy (non-hydrogen) atoms. The molecule has 1 aromatic rings. The monoisotopic (exact) mass is 246 g/mol. The summed E-state index contributed by atoms with van der Waals surface area (Å²) < 4.78 is 0.869. The van der Waals surface area contributed by atoms with E-state index in [4.69, 9.17) is 5.73 Å². The minimum Gasteiger partial charge on any atom is -0.327 e. The Morgan fingerprint density at radius 3 is 3.00 bits per heavy atom. The van der Waals surface area contributed by atoms with E-state index in [0.29, 0.717) is 11.6 Å². The summed E-state index contributed by atoms with van der Waals surface area (Å²) in [6, 6.07) is -0.137. The molecule has 84 valence electrons. The van der Waals surface area contributed by atoms with Crippen LogP contribution in [0.5, 0.6) is 0 Å². The van der Waals surface area contributed by atoms with Crippen LogP contribution in [0.3, 0.4) is 0 Å². The minimum absolute atomic E-state index is 0.116. The first-order valence-corrected chi connectivity index (χ1v) is 6.43. The van der Waals surface area contributed by atoms with Crippen LogP contribution in [-0.2, 0) is 4.79 Å². The smallest absolute Gasteiger partial charge is 0.227 e. The van der Waals surface area contributed by atoms with Gasteiger partial charge in [0.15, 0.2) is 4.34 Å². The van der Waals surface area contributed by atoms with Gasteiger partial charge in [-0.05, 0) is 12.7 Å². The zero-order chi connectivity index (χ0) is 11.3. The summed E-state index contributed by atoms with van der Waals surface area (Å²) in [5.41, 5.74) is 5.50. The third kappa shape index (κ3) is 4.59. The molecule has 1 aromatic heterocycles. The van der Waals surface area contributed by atoms with Crippen molar-refractivity contribution in [1.29, 1.82) is 0 Å². The molecule has 1 unspecified atom stereocenters. The predicted octanol–water partition coefficient (Wildman–Crippen LogP) is 1.33. The maximum absolute atomic E-state index is 11.3. The first kappa shape index (κ1) is 12.4. The van der Waals surface area contributed by atoms with Gasteiger partial charge in [-0.25, -0.2) is 0 Å². The van der Waals surface area contributed by atoms with Crippen LogP contribution in [-0.4, -0.2) is 27.9 Å². The highest BCUT2D eigenvalue weighted by atomic mass is 32.2. The van der Waals surface area contributed by atoms with Crippen molar-refractivity contribution in [1.82, 2.24) is 10.2 Å². The minimum atomic E-state index is -0.137. The first-order chi connectivity index (χ1) is 7.11. The van der Waals surface area contributed by atoms with Crippen molar-refractivity contribution >= 4 is 34.1 Å². The number of nitrogens with two attached hydrogens (primary N) is 1. The number of hydrogen-bond donors (Lipinski definition) is 2. The van der Waals surface area contributed by atoms with E-state index in [9.17, 15) is 4.79 Å². The Labute approximate surface area is 96.8 Å². The van der Waals surface area contributed by atoms with E-state index in [1.807, 2.05) is 6.92 Å². The third-order valence-electron chi connectivity index (χ3n) is 1.43. The lowest BCUT2D eigenvalue weighted by atomic mass is 10.2. The molecule has 0 fully saturated rings. The standard InChI is InChI=1S/C8H14N4OS2/c1-3-14-8-12-11-7(15-8)10-6(13)4-5(2)9/h5H,3-4,9H2,1-2H3,(H,10,11,13). The fraction of sp³-hybridized carbons (Fsp3) is 0.625. The number of carbonyl (C=O) groups is 1. The van der Waals surface area contributed by atoms with Gasteiger partial charge in [-0.3, -0.25) is 4.79 Å². The van der Waals surface area contributed by atoms with Crippen molar-refractivity contribution in [3.8, 4) is 0 Å². The molecule has 5 nitrogen and oxygen atoms in total. The number of carbonyl (C=O) groups excluding carboxylic acids is 1. The number of nitrogens with one attached hydrogen (secondary N) is 1. The Morgan fingerprint density at radius 1 is 1.67 bits per heavy atom. The summed E-state index contributed by atoms with van der Waals surface area (Å²) in [6.07, 6.45) is 0.301. The second-order valence-electron chi connectivity index (χ2n) is 3.04. The lowest BCUT2D eigenvalue weighted by Gasteiger charge is -2.02. The van der Waals surface area contributed by atoms with Gasteiger partial charge in [0.05, 0.1) is 0 Å². The van der Waals surface area contributed by atoms with Gasteiger partial charge in [0, 0.05) is 12.5 Å². The van der Waals surface area contributed by atoms with Crippen LogP contribution < -0.4 is 11.1 Å². The summed E-state index contributed by atoms with van der Waals surface area (Å²) in [5.74, 6) is 0.830. The Bertz CT molecular complexity index is 326. The summed E-state index contributed by atoms with van der Waals surface area (Å²) in [7, 11) is 0. The van der Waals surface area contributed by atoms with Crippen LogP contribution in [0.25, 0.3) is 0 Å². The highest BCUT2D eigenvalue weighted by molar-refractivity contribution is 8.01. The molecule has 0 aliphatic rings. The summed E-state index contributed by atoms with van der Waals surface area (Å²) in [5, 5.41) is 11.0. The van der Waals surface area contributed by atoms with Crippen LogP contribution in [0.1, 0.15) is 20.3 Å². The molecule has 1 rings (SSSR count). The van der Waals surface area contributed by atoms with Gasteiger partial charge in [-0.15, -0.1) is 10.2 Å². The molecule has 0 radical (unpaired) electrons. The van der Waals surface area contributed by atoms with Gasteiger partial charge < -0.3 is 11.1 Å². The number of amides is 1. The number of thioether (sulfide) groups is 1. The Balaban J connectivity index is 2.46. The largest absolute Gasteiger partial charge is 0.327 e. The van der Waals surface area contributed by atoms with Crippen LogP contribution in [0.2, 0.25) is 0 Å². The van der Waals surface area contributed by atoms with Gasteiger partial charge in [-0.1, -0.05) is 30.0 Å². The van der Waals surface area contributed by atoms with E-state index in [2.05, 4.69) is 15.5 Å². The average molecular weight is 246 g/mol. The predicted molar refractivity (Wildman–Crippen MR) is 63.2 cm³/mol. The highest BCUT2D eigenvalue weighted by Crippen LogP contribution is 2.24. The summed E-state index contributed by atoms with van der Waals surface area (Å²) in [4.78, 5) is 11.3. The van der Waals surface area contributed by atoms with Crippen molar-refractivity contribution in [3.63, 3.8) is 0 Å². The number of nitrogens with zero attached hydrogens (tertiary/aromatic N) is 2. The fourth-order valence-electron chi connectivity index (χ4n) is 0.905. The molecule has 3 N–H and O–H groups in total. The summed E-state index contributed by atoms with van der Waals surface area (Å²) >= 11 is 2.99. The van der Waals surface area contributed by atoms with E-state index >= 15 is 0 Å². The van der Waals surface area contributed by atoms with Gasteiger partial charge in [0.1, 0.15) is 0 Å². The second kappa shape index (κ2) is 6.04. The van der Waals surface area contributed by atoms with Crippen molar-refractivity contribution in [2.75, 3.05) is 11.1 Å². The van der Waals surface area contributed by atoms with Crippen LogP contribution in [0.15, 0.2) is 4.34 Å². The number of rotatable bonds is 5. The van der Waals surface area contributed by atoms with Crippen molar-refractivity contribution in [2.45, 2.75) is 30.6 Å². The first-order valence-electron chi connectivity index (χ1n) is 4.63. The van der Waals surface area contributed by atoms with Gasteiger partial charge in [0.25, 0.3) is 0 Å². The second-order valence-corrected chi connectivity index (χ2v) is 5.52.